The molecule has 1 amide bonds. The van der Waals surface area contributed by atoms with Crippen LogP contribution in [0.15, 0.2) is 54.7 Å². The van der Waals surface area contributed by atoms with Crippen LogP contribution in [0.3, 0.4) is 0 Å². The van der Waals surface area contributed by atoms with E-state index in [0.717, 1.165) is 11.3 Å². The smallest absolute Gasteiger partial charge is 0.270 e. The first-order valence-corrected chi connectivity index (χ1v) is 8.86. The van der Waals surface area contributed by atoms with Gasteiger partial charge in [0, 0.05) is 24.5 Å². The van der Waals surface area contributed by atoms with Crippen LogP contribution >= 0.6 is 0 Å². The number of carbonyl (C=O) groups excluding carboxylic acids is 1. The minimum Gasteiger partial charge on any atom is -0.497 e. The molecule has 1 heterocycles. The van der Waals surface area contributed by atoms with Gasteiger partial charge in [-0.15, -0.1) is 0 Å². The highest BCUT2D eigenvalue weighted by atomic mass is 16.5. The molecule has 0 saturated heterocycles. The lowest BCUT2D eigenvalue weighted by atomic mass is 10.2. The minimum absolute atomic E-state index is 0.255. The number of aromatic nitrogens is 2. The van der Waals surface area contributed by atoms with Crippen molar-refractivity contribution in [3.8, 4) is 17.2 Å². The minimum atomic E-state index is -0.309. The van der Waals surface area contributed by atoms with Crippen molar-refractivity contribution in [1.29, 1.82) is 0 Å². The zero-order chi connectivity index (χ0) is 20.6. The first-order valence-electron chi connectivity index (χ1n) is 8.86. The van der Waals surface area contributed by atoms with Gasteiger partial charge >= 0.3 is 0 Å². The number of rotatable bonds is 8. The quantitative estimate of drug-likeness (QED) is 0.606. The van der Waals surface area contributed by atoms with E-state index in [1.54, 1.807) is 33.5 Å². The Morgan fingerprint density at radius 2 is 1.79 bits per heavy atom. The molecule has 150 valence electrons. The van der Waals surface area contributed by atoms with E-state index in [0.29, 0.717) is 29.7 Å². The molecule has 0 radical (unpaired) electrons. The van der Waals surface area contributed by atoms with Crippen LogP contribution in [0.2, 0.25) is 0 Å². The fourth-order valence-electron chi connectivity index (χ4n) is 2.64. The summed E-state index contributed by atoms with van der Waals surface area (Å²) in [7, 11) is 4.74. The topological polar surface area (TPSA) is 94.6 Å². The third-order valence-electron chi connectivity index (χ3n) is 4.12. The molecular weight excluding hydrogens is 372 g/mol. The van der Waals surface area contributed by atoms with Gasteiger partial charge in [-0.1, -0.05) is 12.1 Å². The van der Waals surface area contributed by atoms with Crippen LogP contribution in [0.5, 0.6) is 17.2 Å². The molecule has 0 bridgehead atoms. The normalized spacial score (nSPS) is 10.2. The molecule has 8 heteroatoms. The first-order chi connectivity index (χ1) is 14.1. The van der Waals surface area contributed by atoms with Gasteiger partial charge < -0.3 is 24.8 Å². The van der Waals surface area contributed by atoms with Crippen LogP contribution in [0.25, 0.3) is 0 Å². The Hall–Kier alpha value is -3.81. The van der Waals surface area contributed by atoms with Crippen molar-refractivity contribution in [1.82, 2.24) is 15.3 Å². The molecule has 0 atom stereocenters. The fourth-order valence-corrected chi connectivity index (χ4v) is 2.64. The number of hydrogen-bond donors (Lipinski definition) is 2. The summed E-state index contributed by atoms with van der Waals surface area (Å²) in [6.07, 6.45) is 1.53. The van der Waals surface area contributed by atoms with Crippen LogP contribution in [-0.4, -0.2) is 37.2 Å². The molecule has 3 rings (SSSR count). The summed E-state index contributed by atoms with van der Waals surface area (Å²) in [6, 6.07) is 14.4. The molecule has 0 saturated carbocycles. The number of nitrogens with one attached hydrogen (secondary N) is 2. The molecule has 0 aliphatic heterocycles. The van der Waals surface area contributed by atoms with Crippen LogP contribution < -0.4 is 24.8 Å². The van der Waals surface area contributed by atoms with Crippen molar-refractivity contribution in [2.75, 3.05) is 26.6 Å². The largest absolute Gasteiger partial charge is 0.497 e. The third-order valence-corrected chi connectivity index (χ3v) is 4.12. The van der Waals surface area contributed by atoms with Crippen LogP contribution in [-0.2, 0) is 6.54 Å². The maximum absolute atomic E-state index is 12.5. The third kappa shape index (κ3) is 5.13. The summed E-state index contributed by atoms with van der Waals surface area (Å²) in [5.74, 6) is 1.95. The maximum atomic E-state index is 12.5. The lowest BCUT2D eigenvalue weighted by Gasteiger charge is -2.11. The second-order valence-electron chi connectivity index (χ2n) is 5.99. The Balaban J connectivity index is 1.66. The predicted molar refractivity (Wildman–Crippen MR) is 109 cm³/mol. The Labute approximate surface area is 168 Å². The summed E-state index contributed by atoms with van der Waals surface area (Å²) in [5, 5.41) is 5.90. The van der Waals surface area contributed by atoms with Crippen molar-refractivity contribution in [3.05, 3.63) is 66.0 Å². The lowest BCUT2D eigenvalue weighted by Crippen LogP contribution is -2.24. The Kier molecular flexibility index (Phi) is 6.47. The van der Waals surface area contributed by atoms with Gasteiger partial charge in [0.05, 0.1) is 21.3 Å². The molecular formula is C21H22N4O4. The van der Waals surface area contributed by atoms with Crippen LogP contribution in [0.1, 0.15) is 16.1 Å². The molecule has 0 aliphatic rings. The summed E-state index contributed by atoms with van der Waals surface area (Å²) in [4.78, 5) is 20.9. The molecule has 1 aromatic heterocycles. The van der Waals surface area contributed by atoms with Gasteiger partial charge in [-0.25, -0.2) is 9.97 Å². The van der Waals surface area contributed by atoms with Gasteiger partial charge in [0.1, 0.15) is 11.4 Å². The van der Waals surface area contributed by atoms with E-state index in [1.165, 1.54) is 6.20 Å². The Bertz CT molecular complexity index is 994. The standard InChI is InChI=1S/C21H22N4O4/c1-27-16-6-4-5-15(12-16)24-21-22-10-9-17(25-21)20(26)23-13-14-7-8-18(28-2)19(11-14)29-3/h4-12H,13H2,1-3H3,(H,23,26)(H,22,24,25). The Morgan fingerprint density at radius 3 is 2.55 bits per heavy atom. The zero-order valence-electron chi connectivity index (χ0n) is 16.4. The summed E-state index contributed by atoms with van der Waals surface area (Å²) < 4.78 is 15.7. The number of carbonyl (C=O) groups is 1. The van der Waals surface area contributed by atoms with E-state index in [-0.39, 0.29) is 11.6 Å². The Morgan fingerprint density at radius 1 is 0.966 bits per heavy atom. The first kappa shape index (κ1) is 19.9. The van der Waals surface area contributed by atoms with E-state index in [2.05, 4.69) is 20.6 Å². The molecule has 3 aromatic rings. The summed E-state index contributed by atoms with van der Waals surface area (Å²) in [5.41, 5.74) is 1.89. The molecule has 2 aromatic carbocycles. The van der Waals surface area contributed by atoms with Gasteiger partial charge in [-0.2, -0.15) is 0 Å². The molecule has 0 fully saturated rings. The number of hydrogen-bond acceptors (Lipinski definition) is 7. The van der Waals surface area contributed by atoms with Crippen LogP contribution in [0.4, 0.5) is 11.6 Å². The average Bonchev–Trinajstić information content (AvgIpc) is 2.77. The number of amides is 1. The zero-order valence-corrected chi connectivity index (χ0v) is 16.4. The van der Waals surface area contributed by atoms with Gasteiger partial charge in [0.2, 0.25) is 5.95 Å². The number of nitrogens with zero attached hydrogens (tertiary/aromatic N) is 2. The van der Waals surface area contributed by atoms with Crippen molar-refractivity contribution in [2.45, 2.75) is 6.54 Å². The number of anilines is 2. The van der Waals surface area contributed by atoms with E-state index in [1.807, 2.05) is 36.4 Å². The monoisotopic (exact) mass is 394 g/mol. The van der Waals surface area contributed by atoms with E-state index in [9.17, 15) is 4.79 Å². The SMILES string of the molecule is COc1cccc(Nc2nccc(C(=O)NCc3ccc(OC)c(OC)c3)n2)c1. The van der Waals surface area contributed by atoms with Gasteiger partial charge in [0.25, 0.3) is 5.91 Å². The second kappa shape index (κ2) is 9.41. The van der Waals surface area contributed by atoms with Gasteiger partial charge in [-0.05, 0) is 35.9 Å². The molecule has 0 aliphatic carbocycles. The fraction of sp³-hybridized carbons (Fsp3) is 0.190. The van der Waals surface area contributed by atoms with E-state index in [4.69, 9.17) is 14.2 Å². The molecule has 29 heavy (non-hydrogen) atoms. The molecule has 8 nitrogen and oxygen atoms in total. The van der Waals surface area contributed by atoms with Crippen molar-refractivity contribution < 1.29 is 19.0 Å². The van der Waals surface area contributed by atoms with Crippen molar-refractivity contribution in [2.24, 2.45) is 0 Å². The van der Waals surface area contributed by atoms with Gasteiger partial charge in [0.15, 0.2) is 11.5 Å². The maximum Gasteiger partial charge on any atom is 0.270 e. The highest BCUT2D eigenvalue weighted by Gasteiger charge is 2.10. The van der Waals surface area contributed by atoms with E-state index < -0.39 is 0 Å². The molecule has 0 spiro atoms. The van der Waals surface area contributed by atoms with Gasteiger partial charge in [-0.3, -0.25) is 4.79 Å². The highest BCUT2D eigenvalue weighted by Crippen LogP contribution is 2.27. The van der Waals surface area contributed by atoms with Crippen molar-refractivity contribution >= 4 is 17.5 Å². The number of ether oxygens (including phenoxy) is 3. The highest BCUT2D eigenvalue weighted by molar-refractivity contribution is 5.92. The number of benzene rings is 2. The predicted octanol–water partition coefficient (Wildman–Crippen LogP) is 3.18. The van der Waals surface area contributed by atoms with E-state index >= 15 is 0 Å². The summed E-state index contributed by atoms with van der Waals surface area (Å²) >= 11 is 0. The summed E-state index contributed by atoms with van der Waals surface area (Å²) in [6.45, 7) is 0.321. The van der Waals surface area contributed by atoms with Crippen molar-refractivity contribution in [3.63, 3.8) is 0 Å². The molecule has 0 unspecified atom stereocenters. The lowest BCUT2D eigenvalue weighted by molar-refractivity contribution is 0.0946. The second-order valence-corrected chi connectivity index (χ2v) is 5.99. The molecule has 2 N–H and O–H groups in total. The van der Waals surface area contributed by atoms with Crippen LogP contribution in [0, 0.1) is 0 Å². The average molecular weight is 394 g/mol. The number of methoxy groups -OCH3 is 3.